The molecule has 0 bridgehead atoms. The zero-order valence-corrected chi connectivity index (χ0v) is 11.4. The lowest BCUT2D eigenvalue weighted by atomic mass is 10.2. The van der Waals surface area contributed by atoms with Gasteiger partial charge in [-0.2, -0.15) is 0 Å². The van der Waals surface area contributed by atoms with Crippen molar-refractivity contribution in [1.82, 2.24) is 9.97 Å². The SMILES string of the molecule is CCCC(OC)c1nc(C)c(Br)c(Cl)n1. The van der Waals surface area contributed by atoms with Gasteiger partial charge in [-0.15, -0.1) is 0 Å². The molecule has 5 heteroatoms. The summed E-state index contributed by atoms with van der Waals surface area (Å²) >= 11 is 9.29. The molecule has 0 saturated carbocycles. The van der Waals surface area contributed by atoms with Gasteiger partial charge >= 0.3 is 0 Å². The predicted octanol–water partition coefficient (Wildman–Crippen LogP) is 3.69. The molecule has 0 saturated heterocycles. The monoisotopic (exact) mass is 292 g/mol. The number of hydrogen-bond donors (Lipinski definition) is 0. The van der Waals surface area contributed by atoms with Gasteiger partial charge in [-0.1, -0.05) is 24.9 Å². The van der Waals surface area contributed by atoms with E-state index in [-0.39, 0.29) is 6.10 Å². The number of ether oxygens (including phenoxy) is 1. The second-order valence-corrected chi connectivity index (χ2v) is 4.44. The maximum Gasteiger partial charge on any atom is 0.159 e. The van der Waals surface area contributed by atoms with E-state index in [0.717, 1.165) is 23.0 Å². The van der Waals surface area contributed by atoms with E-state index < -0.39 is 0 Å². The average Bonchev–Trinajstić information content (AvgIpc) is 2.22. The van der Waals surface area contributed by atoms with E-state index in [2.05, 4.69) is 32.8 Å². The Morgan fingerprint density at radius 1 is 1.47 bits per heavy atom. The van der Waals surface area contributed by atoms with Gasteiger partial charge in [-0.05, 0) is 29.3 Å². The molecule has 1 unspecified atom stereocenters. The highest BCUT2D eigenvalue weighted by Gasteiger charge is 2.15. The summed E-state index contributed by atoms with van der Waals surface area (Å²) in [6.07, 6.45) is 1.85. The Balaban J connectivity index is 3.03. The minimum atomic E-state index is -0.0701. The molecule has 84 valence electrons. The standard InChI is InChI=1S/C10H14BrClN2O/c1-4-5-7(15-3)10-13-6(2)8(11)9(12)14-10/h7H,4-5H2,1-3H3. The van der Waals surface area contributed by atoms with E-state index in [9.17, 15) is 0 Å². The molecule has 1 heterocycles. The topological polar surface area (TPSA) is 35.0 Å². The molecule has 0 aliphatic carbocycles. The van der Waals surface area contributed by atoms with Crippen LogP contribution in [-0.2, 0) is 4.74 Å². The molecule has 0 radical (unpaired) electrons. The summed E-state index contributed by atoms with van der Waals surface area (Å²) in [5, 5.41) is 0.440. The van der Waals surface area contributed by atoms with Gasteiger partial charge in [0.2, 0.25) is 0 Å². The number of aromatic nitrogens is 2. The number of halogens is 2. The molecule has 0 N–H and O–H groups in total. The number of rotatable bonds is 4. The largest absolute Gasteiger partial charge is 0.373 e. The van der Waals surface area contributed by atoms with Crippen LogP contribution >= 0.6 is 27.5 Å². The Kier molecular flexibility index (Phi) is 4.96. The molecule has 1 aromatic rings. The average molecular weight is 294 g/mol. The van der Waals surface area contributed by atoms with Crippen LogP contribution in [0.3, 0.4) is 0 Å². The van der Waals surface area contributed by atoms with Crippen molar-refractivity contribution in [3.05, 3.63) is 21.1 Å². The van der Waals surface area contributed by atoms with Crippen LogP contribution in [0.4, 0.5) is 0 Å². The van der Waals surface area contributed by atoms with Crippen LogP contribution in [-0.4, -0.2) is 17.1 Å². The lowest BCUT2D eigenvalue weighted by Crippen LogP contribution is -2.08. The summed E-state index contributed by atoms with van der Waals surface area (Å²) in [4.78, 5) is 8.56. The summed E-state index contributed by atoms with van der Waals surface area (Å²) in [5.74, 6) is 0.657. The Morgan fingerprint density at radius 2 is 2.13 bits per heavy atom. The summed E-state index contributed by atoms with van der Waals surface area (Å²) in [5.41, 5.74) is 0.836. The highest BCUT2D eigenvalue weighted by atomic mass is 79.9. The minimum absolute atomic E-state index is 0.0701. The van der Waals surface area contributed by atoms with Crippen molar-refractivity contribution in [2.45, 2.75) is 32.8 Å². The van der Waals surface area contributed by atoms with Gasteiger partial charge in [0.05, 0.1) is 10.2 Å². The van der Waals surface area contributed by atoms with Crippen LogP contribution in [0.15, 0.2) is 4.47 Å². The fraction of sp³-hybridized carbons (Fsp3) is 0.600. The van der Waals surface area contributed by atoms with Gasteiger partial charge in [0.15, 0.2) is 5.82 Å². The summed E-state index contributed by atoms with van der Waals surface area (Å²) in [7, 11) is 1.66. The van der Waals surface area contributed by atoms with E-state index in [1.54, 1.807) is 7.11 Å². The first-order valence-electron chi connectivity index (χ1n) is 4.82. The van der Waals surface area contributed by atoms with Crippen LogP contribution in [0.2, 0.25) is 5.15 Å². The van der Waals surface area contributed by atoms with Crippen LogP contribution in [0.1, 0.15) is 37.4 Å². The van der Waals surface area contributed by atoms with Gasteiger partial charge in [0, 0.05) is 7.11 Å². The molecular formula is C10H14BrClN2O. The van der Waals surface area contributed by atoms with E-state index in [0.29, 0.717) is 11.0 Å². The maximum absolute atomic E-state index is 5.97. The van der Waals surface area contributed by atoms with Crippen molar-refractivity contribution in [3.8, 4) is 0 Å². The molecule has 15 heavy (non-hydrogen) atoms. The summed E-state index contributed by atoms with van der Waals surface area (Å²) in [6, 6.07) is 0. The highest BCUT2D eigenvalue weighted by Crippen LogP contribution is 2.26. The molecule has 1 atom stereocenters. The lowest BCUT2D eigenvalue weighted by molar-refractivity contribution is 0.0874. The first-order chi connectivity index (χ1) is 7.10. The molecule has 1 aromatic heterocycles. The van der Waals surface area contributed by atoms with Crippen molar-refractivity contribution < 1.29 is 4.74 Å². The molecule has 0 aromatic carbocycles. The fourth-order valence-electron chi connectivity index (χ4n) is 1.30. The molecular weight excluding hydrogens is 279 g/mol. The Labute approximate surface area is 103 Å². The zero-order chi connectivity index (χ0) is 11.4. The third-order valence-corrected chi connectivity index (χ3v) is 3.57. The number of methoxy groups -OCH3 is 1. The fourth-order valence-corrected chi connectivity index (χ4v) is 1.70. The molecule has 0 amide bonds. The molecule has 0 spiro atoms. The number of hydrogen-bond acceptors (Lipinski definition) is 3. The maximum atomic E-state index is 5.97. The quantitative estimate of drug-likeness (QED) is 0.794. The second kappa shape index (κ2) is 5.77. The van der Waals surface area contributed by atoms with Crippen molar-refractivity contribution in [3.63, 3.8) is 0 Å². The van der Waals surface area contributed by atoms with Gasteiger partial charge in [0.25, 0.3) is 0 Å². The number of nitrogens with zero attached hydrogens (tertiary/aromatic N) is 2. The summed E-state index contributed by atoms with van der Waals surface area (Å²) in [6.45, 7) is 3.99. The van der Waals surface area contributed by atoms with Crippen molar-refractivity contribution in [1.29, 1.82) is 0 Å². The molecule has 3 nitrogen and oxygen atoms in total. The highest BCUT2D eigenvalue weighted by molar-refractivity contribution is 9.10. The third kappa shape index (κ3) is 3.13. The summed E-state index contributed by atoms with van der Waals surface area (Å²) < 4.78 is 6.08. The van der Waals surface area contributed by atoms with Crippen molar-refractivity contribution in [2.24, 2.45) is 0 Å². The minimum Gasteiger partial charge on any atom is -0.373 e. The van der Waals surface area contributed by atoms with Gasteiger partial charge in [-0.25, -0.2) is 9.97 Å². The van der Waals surface area contributed by atoms with Gasteiger partial charge in [-0.3, -0.25) is 0 Å². The van der Waals surface area contributed by atoms with Crippen molar-refractivity contribution in [2.75, 3.05) is 7.11 Å². The smallest absolute Gasteiger partial charge is 0.159 e. The molecule has 0 fully saturated rings. The first kappa shape index (κ1) is 12.9. The van der Waals surface area contributed by atoms with Gasteiger partial charge in [0.1, 0.15) is 11.3 Å². The van der Waals surface area contributed by atoms with Crippen LogP contribution in [0, 0.1) is 6.92 Å². The third-order valence-electron chi connectivity index (χ3n) is 2.12. The van der Waals surface area contributed by atoms with Crippen molar-refractivity contribution >= 4 is 27.5 Å². The first-order valence-corrected chi connectivity index (χ1v) is 5.99. The van der Waals surface area contributed by atoms with Gasteiger partial charge < -0.3 is 4.74 Å². The predicted molar refractivity (Wildman–Crippen MR) is 64.1 cm³/mol. The lowest BCUT2D eigenvalue weighted by Gasteiger charge is -2.14. The van der Waals surface area contributed by atoms with E-state index in [1.165, 1.54) is 0 Å². The Morgan fingerprint density at radius 3 is 2.60 bits per heavy atom. The molecule has 1 rings (SSSR count). The normalized spacial score (nSPS) is 12.9. The van der Waals surface area contributed by atoms with Crippen LogP contribution in [0.25, 0.3) is 0 Å². The van der Waals surface area contributed by atoms with Crippen LogP contribution in [0.5, 0.6) is 0 Å². The molecule has 0 aliphatic rings. The molecule has 0 aliphatic heterocycles. The van der Waals surface area contributed by atoms with E-state index >= 15 is 0 Å². The number of aryl methyl sites for hydroxylation is 1. The zero-order valence-electron chi connectivity index (χ0n) is 9.05. The Hall–Kier alpha value is -0.190. The Bertz CT molecular complexity index is 323. The second-order valence-electron chi connectivity index (χ2n) is 3.29. The van der Waals surface area contributed by atoms with E-state index in [4.69, 9.17) is 16.3 Å². The van der Waals surface area contributed by atoms with Crippen LogP contribution < -0.4 is 0 Å². The van der Waals surface area contributed by atoms with E-state index in [1.807, 2.05) is 6.92 Å².